The normalized spacial score (nSPS) is 18.1. The van der Waals surface area contributed by atoms with Gasteiger partial charge >= 0.3 is 0 Å². The molecule has 1 fully saturated rings. The molecule has 136 valence electrons. The van der Waals surface area contributed by atoms with Gasteiger partial charge in [-0.2, -0.15) is 0 Å². The third-order valence-electron chi connectivity index (χ3n) is 4.68. The van der Waals surface area contributed by atoms with Crippen LogP contribution in [-0.4, -0.2) is 25.5 Å². The monoisotopic (exact) mass is 352 g/mol. The van der Waals surface area contributed by atoms with Gasteiger partial charge in [0.05, 0.1) is 18.9 Å². The molecule has 1 aliphatic carbocycles. The van der Waals surface area contributed by atoms with E-state index < -0.39 is 0 Å². The number of hydrogen-bond donors (Lipinski definition) is 1. The van der Waals surface area contributed by atoms with Crippen molar-refractivity contribution in [2.75, 3.05) is 23.9 Å². The summed E-state index contributed by atoms with van der Waals surface area (Å²) >= 11 is 0. The molecule has 2 aromatic carbocycles. The highest BCUT2D eigenvalue weighted by atomic mass is 16.5. The highest BCUT2D eigenvalue weighted by molar-refractivity contribution is 6.04. The first-order valence-electron chi connectivity index (χ1n) is 8.86. The Morgan fingerprint density at radius 1 is 1.15 bits per heavy atom. The zero-order valence-electron chi connectivity index (χ0n) is 15.4. The summed E-state index contributed by atoms with van der Waals surface area (Å²) in [4.78, 5) is 27.1. The predicted molar refractivity (Wildman–Crippen MR) is 102 cm³/mol. The van der Waals surface area contributed by atoms with Crippen LogP contribution in [0.25, 0.3) is 0 Å². The van der Waals surface area contributed by atoms with E-state index in [1.165, 1.54) is 0 Å². The average molecular weight is 352 g/mol. The van der Waals surface area contributed by atoms with Crippen LogP contribution in [0.15, 0.2) is 48.5 Å². The quantitative estimate of drug-likeness (QED) is 0.864. The second kappa shape index (κ2) is 7.60. The molecule has 1 aliphatic rings. The molecule has 2 aromatic rings. The molecule has 2 atom stereocenters. The van der Waals surface area contributed by atoms with Gasteiger partial charge in [-0.3, -0.25) is 9.59 Å². The number of benzene rings is 2. The molecule has 1 saturated carbocycles. The summed E-state index contributed by atoms with van der Waals surface area (Å²) < 4.78 is 5.16. The molecule has 2 amide bonds. The molecular weight excluding hydrogens is 328 g/mol. The van der Waals surface area contributed by atoms with Crippen molar-refractivity contribution in [3.63, 3.8) is 0 Å². The number of nitrogens with one attached hydrogen (secondary N) is 1. The summed E-state index contributed by atoms with van der Waals surface area (Å²) in [6.45, 7) is 4.54. The number of carbonyl (C=O) groups excluding carboxylic acids is 2. The van der Waals surface area contributed by atoms with E-state index in [2.05, 4.69) is 5.32 Å². The Morgan fingerprint density at radius 3 is 2.62 bits per heavy atom. The van der Waals surface area contributed by atoms with Crippen molar-refractivity contribution < 1.29 is 14.3 Å². The number of nitrogens with zero attached hydrogens (tertiary/aromatic N) is 1. The Labute approximate surface area is 154 Å². The van der Waals surface area contributed by atoms with Crippen molar-refractivity contribution in [1.82, 2.24) is 0 Å². The molecule has 26 heavy (non-hydrogen) atoms. The molecule has 0 bridgehead atoms. The van der Waals surface area contributed by atoms with Gasteiger partial charge in [0.25, 0.3) is 0 Å². The lowest BCUT2D eigenvalue weighted by molar-refractivity contribution is -0.123. The van der Waals surface area contributed by atoms with Crippen molar-refractivity contribution in [1.29, 1.82) is 0 Å². The summed E-state index contributed by atoms with van der Waals surface area (Å²) in [5.74, 6) is 0.0669. The number of anilines is 2. The van der Waals surface area contributed by atoms with Crippen LogP contribution in [0.2, 0.25) is 0 Å². The third kappa shape index (κ3) is 3.87. The molecule has 3 rings (SSSR count). The molecule has 0 aromatic heterocycles. The van der Waals surface area contributed by atoms with E-state index in [0.717, 1.165) is 11.3 Å². The fourth-order valence-corrected chi connectivity index (χ4v) is 3.16. The maximum Gasteiger partial charge on any atom is 0.230 e. The number of ether oxygens (including phenoxy) is 1. The van der Waals surface area contributed by atoms with Gasteiger partial charge in [0.2, 0.25) is 11.8 Å². The molecule has 5 heteroatoms. The highest BCUT2D eigenvalue weighted by Gasteiger charge is 2.49. The molecule has 0 spiro atoms. The topological polar surface area (TPSA) is 58.6 Å². The highest BCUT2D eigenvalue weighted by Crippen LogP contribution is 2.41. The number of hydrogen-bond acceptors (Lipinski definition) is 3. The average Bonchev–Trinajstić information content (AvgIpc) is 3.43. The molecule has 1 N–H and O–H groups in total. The van der Waals surface area contributed by atoms with Crippen LogP contribution < -0.4 is 15.0 Å². The zero-order chi connectivity index (χ0) is 18.7. The Balaban J connectivity index is 1.64. The Hall–Kier alpha value is -2.82. The fraction of sp³-hybridized carbons (Fsp3) is 0.333. The molecule has 0 heterocycles. The van der Waals surface area contributed by atoms with E-state index in [1.807, 2.05) is 56.3 Å². The zero-order valence-corrected chi connectivity index (χ0v) is 15.4. The molecular formula is C21H24N2O3. The lowest BCUT2D eigenvalue weighted by Crippen LogP contribution is -2.33. The Morgan fingerprint density at radius 2 is 1.92 bits per heavy atom. The Kier molecular flexibility index (Phi) is 5.26. The van der Waals surface area contributed by atoms with Crippen LogP contribution in [0.5, 0.6) is 5.75 Å². The van der Waals surface area contributed by atoms with Gasteiger partial charge in [-0.1, -0.05) is 18.2 Å². The second-order valence-electron chi connectivity index (χ2n) is 6.59. The molecule has 0 radical (unpaired) electrons. The van der Waals surface area contributed by atoms with E-state index in [1.54, 1.807) is 18.1 Å². The third-order valence-corrected chi connectivity index (χ3v) is 4.68. The summed E-state index contributed by atoms with van der Waals surface area (Å²) in [6.07, 6.45) is 0.594. The van der Waals surface area contributed by atoms with Crippen molar-refractivity contribution >= 4 is 23.2 Å². The summed E-state index contributed by atoms with van der Waals surface area (Å²) in [7, 11) is 1.58. The van der Waals surface area contributed by atoms with Gasteiger partial charge in [0.1, 0.15) is 5.75 Å². The maximum absolute atomic E-state index is 12.8. The van der Waals surface area contributed by atoms with Gasteiger partial charge in [0.15, 0.2) is 0 Å². The minimum absolute atomic E-state index is 0.0175. The van der Waals surface area contributed by atoms with E-state index in [-0.39, 0.29) is 23.7 Å². The fourth-order valence-electron chi connectivity index (χ4n) is 3.16. The minimum atomic E-state index is -0.271. The molecule has 5 nitrogen and oxygen atoms in total. The summed E-state index contributed by atoms with van der Waals surface area (Å²) in [5.41, 5.74) is 2.67. The number of aryl methyl sites for hydroxylation is 1. The maximum atomic E-state index is 12.8. The first-order valence-corrected chi connectivity index (χ1v) is 8.86. The van der Waals surface area contributed by atoms with Crippen molar-refractivity contribution in [2.24, 2.45) is 11.8 Å². The van der Waals surface area contributed by atoms with E-state index in [0.29, 0.717) is 24.4 Å². The smallest absolute Gasteiger partial charge is 0.230 e. The SMILES string of the molecule is CCN(C(=O)C1CC1C(=O)Nc1cccc(OC)c1)c1cccc(C)c1. The largest absolute Gasteiger partial charge is 0.497 e. The first-order chi connectivity index (χ1) is 12.5. The summed E-state index contributed by atoms with van der Waals surface area (Å²) in [6, 6.07) is 15.1. The minimum Gasteiger partial charge on any atom is -0.497 e. The van der Waals surface area contributed by atoms with Crippen LogP contribution >= 0.6 is 0 Å². The second-order valence-corrected chi connectivity index (χ2v) is 6.59. The Bertz CT molecular complexity index is 818. The van der Waals surface area contributed by atoms with E-state index >= 15 is 0 Å². The number of methoxy groups -OCH3 is 1. The standard InChI is InChI=1S/C21H24N2O3/c1-4-23(16-9-5-7-14(2)11-16)21(25)19-13-18(19)20(24)22-15-8-6-10-17(12-15)26-3/h5-12,18-19H,4,13H2,1-3H3,(H,22,24). The molecule has 0 saturated heterocycles. The lowest BCUT2D eigenvalue weighted by Gasteiger charge is -2.21. The molecule has 0 aliphatic heterocycles. The number of amides is 2. The van der Waals surface area contributed by atoms with Gasteiger partial charge < -0.3 is 15.0 Å². The summed E-state index contributed by atoms with van der Waals surface area (Å²) in [5, 5.41) is 2.88. The van der Waals surface area contributed by atoms with Gasteiger partial charge in [-0.05, 0) is 50.1 Å². The van der Waals surface area contributed by atoms with E-state index in [9.17, 15) is 9.59 Å². The van der Waals surface area contributed by atoms with Crippen LogP contribution in [0.4, 0.5) is 11.4 Å². The number of carbonyl (C=O) groups is 2. The predicted octanol–water partition coefficient (Wildman–Crippen LogP) is 3.63. The van der Waals surface area contributed by atoms with Crippen molar-refractivity contribution in [2.45, 2.75) is 20.3 Å². The van der Waals surface area contributed by atoms with Crippen molar-refractivity contribution in [3.8, 4) is 5.75 Å². The van der Waals surface area contributed by atoms with Crippen LogP contribution in [-0.2, 0) is 9.59 Å². The van der Waals surface area contributed by atoms with Crippen molar-refractivity contribution in [3.05, 3.63) is 54.1 Å². The lowest BCUT2D eigenvalue weighted by atomic mass is 10.2. The van der Waals surface area contributed by atoms with Gasteiger partial charge in [0, 0.05) is 24.0 Å². The van der Waals surface area contributed by atoms with Gasteiger partial charge in [-0.25, -0.2) is 0 Å². The van der Waals surface area contributed by atoms with Crippen LogP contribution in [0, 0.1) is 18.8 Å². The van der Waals surface area contributed by atoms with Gasteiger partial charge in [-0.15, -0.1) is 0 Å². The molecule has 2 unspecified atom stereocenters. The van der Waals surface area contributed by atoms with Crippen LogP contribution in [0.3, 0.4) is 0 Å². The van der Waals surface area contributed by atoms with E-state index in [4.69, 9.17) is 4.74 Å². The first kappa shape index (κ1) is 18.0. The number of rotatable bonds is 6. The van der Waals surface area contributed by atoms with Crippen LogP contribution in [0.1, 0.15) is 18.9 Å².